The van der Waals surface area contributed by atoms with Crippen molar-refractivity contribution in [2.75, 3.05) is 0 Å². The van der Waals surface area contributed by atoms with E-state index >= 15 is 0 Å². The number of hydrogen-bond donors (Lipinski definition) is 1. The minimum Gasteiger partial charge on any atom is -0.279 e. The fraction of sp³-hybridized carbons (Fsp3) is 0.250. The molecule has 0 aliphatic rings. The Balaban J connectivity index is 0.000000262. The van der Waals surface area contributed by atoms with E-state index in [-0.39, 0.29) is 0 Å². The zero-order valence-electron chi connectivity index (χ0n) is 7.69. The molecule has 0 unspecified atom stereocenters. The lowest BCUT2D eigenvalue weighted by molar-refractivity contribution is -0.0510. The molecule has 7 heteroatoms. The SMILES string of the molecule is Cc1ccccc1.O=S(=O)(O)C(F)(F)F. The summed E-state index contributed by atoms with van der Waals surface area (Å²) in [6.07, 6.45) is 0. The smallest absolute Gasteiger partial charge is 0.279 e. The summed E-state index contributed by atoms with van der Waals surface area (Å²) >= 11 is 0. The van der Waals surface area contributed by atoms with Crippen LogP contribution in [-0.4, -0.2) is 18.5 Å². The molecule has 0 amide bonds. The molecule has 1 aromatic carbocycles. The monoisotopic (exact) mass is 242 g/mol. The molecule has 0 saturated carbocycles. The van der Waals surface area contributed by atoms with Crippen molar-refractivity contribution in [2.24, 2.45) is 0 Å². The highest BCUT2D eigenvalue weighted by Gasteiger charge is 2.44. The number of benzene rings is 1. The van der Waals surface area contributed by atoms with Crippen LogP contribution in [0.1, 0.15) is 5.56 Å². The maximum Gasteiger partial charge on any atom is 0.522 e. The molecule has 0 aromatic heterocycles. The highest BCUT2D eigenvalue weighted by atomic mass is 32.2. The van der Waals surface area contributed by atoms with Gasteiger partial charge in [0.05, 0.1) is 0 Å². The summed E-state index contributed by atoms with van der Waals surface area (Å²) in [5.74, 6) is 0. The Morgan fingerprint density at radius 2 is 1.47 bits per heavy atom. The lowest BCUT2D eigenvalue weighted by Gasteiger charge is -1.97. The van der Waals surface area contributed by atoms with Gasteiger partial charge >= 0.3 is 15.6 Å². The molecule has 1 N–H and O–H groups in total. The third kappa shape index (κ3) is 6.08. The molecule has 0 atom stereocenters. The maximum atomic E-state index is 10.7. The molecule has 0 spiro atoms. The first-order chi connectivity index (χ1) is 6.64. The van der Waals surface area contributed by atoms with Gasteiger partial charge in [-0.3, -0.25) is 4.55 Å². The Labute approximate surface area is 85.3 Å². The van der Waals surface area contributed by atoms with Gasteiger partial charge < -0.3 is 0 Å². The van der Waals surface area contributed by atoms with E-state index in [2.05, 4.69) is 19.1 Å². The molecule has 0 fully saturated rings. The van der Waals surface area contributed by atoms with Crippen molar-refractivity contribution in [3.05, 3.63) is 35.9 Å². The predicted octanol–water partition coefficient (Wildman–Crippen LogP) is 2.39. The highest BCUT2D eigenvalue weighted by molar-refractivity contribution is 7.86. The third-order valence-electron chi connectivity index (χ3n) is 1.23. The van der Waals surface area contributed by atoms with E-state index in [9.17, 15) is 13.2 Å². The van der Waals surface area contributed by atoms with Gasteiger partial charge in [0.1, 0.15) is 0 Å². The van der Waals surface area contributed by atoms with Crippen molar-refractivity contribution in [1.82, 2.24) is 0 Å². The quantitative estimate of drug-likeness (QED) is 0.561. The molecule has 1 rings (SSSR count). The zero-order valence-corrected chi connectivity index (χ0v) is 8.51. The molecule has 0 bridgehead atoms. The van der Waals surface area contributed by atoms with Gasteiger partial charge in [-0.1, -0.05) is 35.9 Å². The number of rotatable bonds is 0. The standard InChI is InChI=1S/C7H8.CHF3O3S/c1-7-5-3-2-4-6-7;2-1(3,4)8(5,6)7/h2-6H,1H3;(H,5,6,7). The van der Waals surface area contributed by atoms with E-state index in [0.29, 0.717) is 0 Å². The third-order valence-corrected chi connectivity index (χ3v) is 1.82. The molecule has 15 heavy (non-hydrogen) atoms. The van der Waals surface area contributed by atoms with Crippen molar-refractivity contribution in [3.63, 3.8) is 0 Å². The lowest BCUT2D eigenvalue weighted by Crippen LogP contribution is -2.21. The minimum atomic E-state index is -5.84. The van der Waals surface area contributed by atoms with Crippen LogP contribution in [0.25, 0.3) is 0 Å². The van der Waals surface area contributed by atoms with Gasteiger partial charge in [-0.2, -0.15) is 21.6 Å². The maximum absolute atomic E-state index is 10.7. The van der Waals surface area contributed by atoms with E-state index in [1.807, 2.05) is 18.2 Å². The summed E-state index contributed by atoms with van der Waals surface area (Å²) in [7, 11) is -5.84. The van der Waals surface area contributed by atoms with E-state index in [1.165, 1.54) is 5.56 Å². The summed E-state index contributed by atoms with van der Waals surface area (Å²) in [4.78, 5) is 0. The average molecular weight is 242 g/mol. The summed E-state index contributed by atoms with van der Waals surface area (Å²) in [6.45, 7) is 2.08. The van der Waals surface area contributed by atoms with Gasteiger partial charge in [-0.25, -0.2) is 0 Å². The Morgan fingerprint density at radius 1 is 1.13 bits per heavy atom. The molecule has 0 aliphatic heterocycles. The average Bonchev–Trinajstić information content (AvgIpc) is 2.02. The molecule has 86 valence electrons. The molecule has 0 saturated heterocycles. The second kappa shape index (κ2) is 5.13. The molecule has 1 aromatic rings. The first-order valence-corrected chi connectivity index (χ1v) is 5.14. The zero-order chi connectivity index (χ0) is 12.1. The van der Waals surface area contributed by atoms with E-state index in [0.717, 1.165) is 0 Å². The number of hydrogen-bond acceptors (Lipinski definition) is 2. The predicted molar refractivity (Wildman–Crippen MR) is 48.8 cm³/mol. The fourth-order valence-electron chi connectivity index (χ4n) is 0.534. The van der Waals surface area contributed by atoms with Crippen molar-refractivity contribution >= 4 is 10.1 Å². The van der Waals surface area contributed by atoms with Crippen LogP contribution in [0.4, 0.5) is 13.2 Å². The van der Waals surface area contributed by atoms with Crippen molar-refractivity contribution < 1.29 is 26.1 Å². The van der Waals surface area contributed by atoms with Crippen LogP contribution in [0.3, 0.4) is 0 Å². The van der Waals surface area contributed by atoms with Crippen LogP contribution in [0, 0.1) is 6.92 Å². The summed E-state index contributed by atoms with van der Waals surface area (Å²) in [5.41, 5.74) is -4.21. The van der Waals surface area contributed by atoms with E-state index in [4.69, 9.17) is 13.0 Å². The highest BCUT2D eigenvalue weighted by Crippen LogP contribution is 2.20. The fourth-order valence-corrected chi connectivity index (χ4v) is 0.534. The normalized spacial score (nSPS) is 11.5. The second-order valence-electron chi connectivity index (χ2n) is 2.58. The Bertz CT molecular complexity index is 383. The number of alkyl halides is 3. The molecule has 0 aliphatic carbocycles. The summed E-state index contributed by atoms with van der Waals surface area (Å²) in [5, 5.41) is 0. The Hall–Kier alpha value is -1.08. The molecular weight excluding hydrogens is 233 g/mol. The first kappa shape index (κ1) is 13.9. The topological polar surface area (TPSA) is 54.4 Å². The number of aryl methyl sites for hydroxylation is 1. The number of halogens is 3. The minimum absolute atomic E-state index is 1.32. The van der Waals surface area contributed by atoms with Crippen molar-refractivity contribution in [3.8, 4) is 0 Å². The van der Waals surface area contributed by atoms with Gasteiger partial charge in [0.25, 0.3) is 0 Å². The Kier molecular flexibility index (Phi) is 4.76. The lowest BCUT2D eigenvalue weighted by atomic mass is 10.2. The van der Waals surface area contributed by atoms with Crippen LogP contribution >= 0.6 is 0 Å². The molecule has 0 radical (unpaired) electrons. The summed E-state index contributed by atoms with van der Waals surface area (Å²) < 4.78 is 57.5. The molecule has 3 nitrogen and oxygen atoms in total. The van der Waals surface area contributed by atoms with Gasteiger partial charge in [0.15, 0.2) is 0 Å². The first-order valence-electron chi connectivity index (χ1n) is 3.70. The van der Waals surface area contributed by atoms with Crippen LogP contribution in [-0.2, 0) is 10.1 Å². The van der Waals surface area contributed by atoms with Crippen LogP contribution < -0.4 is 0 Å². The van der Waals surface area contributed by atoms with Crippen molar-refractivity contribution in [1.29, 1.82) is 0 Å². The van der Waals surface area contributed by atoms with Crippen LogP contribution in [0.2, 0.25) is 0 Å². The van der Waals surface area contributed by atoms with Crippen LogP contribution in [0.5, 0.6) is 0 Å². The van der Waals surface area contributed by atoms with E-state index in [1.54, 1.807) is 0 Å². The summed E-state index contributed by atoms with van der Waals surface area (Å²) in [6, 6.07) is 10.3. The van der Waals surface area contributed by atoms with Gasteiger partial charge in [0.2, 0.25) is 0 Å². The van der Waals surface area contributed by atoms with Gasteiger partial charge in [-0.15, -0.1) is 0 Å². The Morgan fingerprint density at radius 3 is 1.60 bits per heavy atom. The molecule has 0 heterocycles. The molecular formula is C8H9F3O3S. The largest absolute Gasteiger partial charge is 0.522 e. The second-order valence-corrected chi connectivity index (χ2v) is 3.99. The van der Waals surface area contributed by atoms with Crippen molar-refractivity contribution in [2.45, 2.75) is 12.4 Å². The van der Waals surface area contributed by atoms with Gasteiger partial charge in [0, 0.05) is 0 Å². The van der Waals surface area contributed by atoms with Crippen LogP contribution in [0.15, 0.2) is 30.3 Å². The van der Waals surface area contributed by atoms with Gasteiger partial charge in [-0.05, 0) is 6.92 Å². The van der Waals surface area contributed by atoms with E-state index < -0.39 is 15.6 Å².